The van der Waals surface area contributed by atoms with Gasteiger partial charge in [0.2, 0.25) is 0 Å². The maximum Gasteiger partial charge on any atom is 0.129 e. The third kappa shape index (κ3) is 2.69. The summed E-state index contributed by atoms with van der Waals surface area (Å²) in [5, 5.41) is 9.05. The second-order valence-corrected chi connectivity index (χ2v) is 4.86. The van der Waals surface area contributed by atoms with Crippen LogP contribution in [0.5, 0.6) is 0 Å². The van der Waals surface area contributed by atoms with Gasteiger partial charge in [-0.15, -0.1) is 0 Å². The molecule has 3 nitrogen and oxygen atoms in total. The maximum atomic E-state index is 9.05. The third-order valence-corrected chi connectivity index (χ3v) is 3.40. The molecule has 1 fully saturated rings. The first kappa shape index (κ1) is 10.9. The SMILES string of the molecule is OCC1CCN(c2cc(Br)ccn2)CC1. The lowest BCUT2D eigenvalue weighted by Crippen LogP contribution is -2.35. The van der Waals surface area contributed by atoms with Crippen molar-refractivity contribution in [1.82, 2.24) is 4.98 Å². The van der Waals surface area contributed by atoms with Gasteiger partial charge >= 0.3 is 0 Å². The zero-order valence-electron chi connectivity index (χ0n) is 8.56. The molecule has 0 aliphatic carbocycles. The molecule has 0 spiro atoms. The van der Waals surface area contributed by atoms with Crippen molar-refractivity contribution in [2.75, 3.05) is 24.6 Å². The van der Waals surface area contributed by atoms with Gasteiger partial charge in [0.25, 0.3) is 0 Å². The standard InChI is InChI=1S/C11H15BrN2O/c12-10-1-4-13-11(7-10)14-5-2-9(8-15)3-6-14/h1,4,7,9,15H,2-3,5-6,8H2. The molecule has 2 heterocycles. The molecule has 0 bridgehead atoms. The molecule has 0 aromatic carbocycles. The zero-order valence-corrected chi connectivity index (χ0v) is 10.2. The van der Waals surface area contributed by atoms with Gasteiger partial charge in [-0.3, -0.25) is 0 Å². The van der Waals surface area contributed by atoms with E-state index in [0.29, 0.717) is 12.5 Å². The highest BCUT2D eigenvalue weighted by Crippen LogP contribution is 2.23. The normalized spacial score (nSPS) is 18.1. The number of halogens is 1. The summed E-state index contributed by atoms with van der Waals surface area (Å²) in [6.45, 7) is 2.31. The fourth-order valence-electron chi connectivity index (χ4n) is 1.91. The Hall–Kier alpha value is -0.610. The van der Waals surface area contributed by atoms with Crippen molar-refractivity contribution in [2.24, 2.45) is 5.92 Å². The molecule has 1 saturated heterocycles. The van der Waals surface area contributed by atoms with Crippen LogP contribution in [0.15, 0.2) is 22.8 Å². The number of hydrogen-bond acceptors (Lipinski definition) is 3. The van der Waals surface area contributed by atoms with E-state index in [0.717, 1.165) is 36.2 Å². The Labute approximate surface area is 98.3 Å². The summed E-state index contributed by atoms with van der Waals surface area (Å²) in [7, 11) is 0. The Morgan fingerprint density at radius 2 is 2.20 bits per heavy atom. The summed E-state index contributed by atoms with van der Waals surface area (Å²) in [6, 6.07) is 3.98. The number of hydrogen-bond donors (Lipinski definition) is 1. The van der Waals surface area contributed by atoms with E-state index in [9.17, 15) is 0 Å². The molecule has 0 unspecified atom stereocenters. The molecule has 2 rings (SSSR count). The first-order valence-electron chi connectivity index (χ1n) is 5.27. The number of aromatic nitrogens is 1. The maximum absolute atomic E-state index is 9.05. The van der Waals surface area contributed by atoms with Crippen molar-refractivity contribution in [3.8, 4) is 0 Å². The van der Waals surface area contributed by atoms with Gasteiger partial charge < -0.3 is 10.0 Å². The van der Waals surface area contributed by atoms with Crippen LogP contribution in [0.2, 0.25) is 0 Å². The van der Waals surface area contributed by atoms with Crippen molar-refractivity contribution in [3.63, 3.8) is 0 Å². The van der Waals surface area contributed by atoms with E-state index in [-0.39, 0.29) is 0 Å². The lowest BCUT2D eigenvalue weighted by molar-refractivity contribution is 0.203. The van der Waals surface area contributed by atoms with Crippen molar-refractivity contribution >= 4 is 21.7 Å². The monoisotopic (exact) mass is 270 g/mol. The molecule has 1 N–H and O–H groups in total. The minimum absolute atomic E-state index is 0.319. The molecule has 0 atom stereocenters. The van der Waals surface area contributed by atoms with Crippen LogP contribution in [0.4, 0.5) is 5.82 Å². The minimum atomic E-state index is 0.319. The van der Waals surface area contributed by atoms with Gasteiger partial charge in [-0.2, -0.15) is 0 Å². The van der Waals surface area contributed by atoms with Gasteiger partial charge in [-0.1, -0.05) is 15.9 Å². The van der Waals surface area contributed by atoms with Crippen LogP contribution >= 0.6 is 15.9 Å². The molecular weight excluding hydrogens is 256 g/mol. The van der Waals surface area contributed by atoms with E-state index in [1.165, 1.54) is 0 Å². The molecule has 0 amide bonds. The number of nitrogens with zero attached hydrogens (tertiary/aromatic N) is 2. The Balaban J connectivity index is 2.01. The highest BCUT2D eigenvalue weighted by molar-refractivity contribution is 9.10. The summed E-state index contributed by atoms with van der Waals surface area (Å²) < 4.78 is 1.07. The number of piperidine rings is 1. The third-order valence-electron chi connectivity index (χ3n) is 2.90. The van der Waals surface area contributed by atoms with Crippen LogP contribution in [-0.2, 0) is 0 Å². The second-order valence-electron chi connectivity index (χ2n) is 3.95. The van der Waals surface area contributed by atoms with Gasteiger partial charge in [0.15, 0.2) is 0 Å². The fourth-order valence-corrected chi connectivity index (χ4v) is 2.23. The minimum Gasteiger partial charge on any atom is -0.396 e. The van der Waals surface area contributed by atoms with Crippen molar-refractivity contribution in [2.45, 2.75) is 12.8 Å². The molecule has 82 valence electrons. The van der Waals surface area contributed by atoms with Gasteiger partial charge in [0.05, 0.1) is 0 Å². The molecule has 1 aliphatic rings. The van der Waals surface area contributed by atoms with Crippen LogP contribution in [0, 0.1) is 5.92 Å². The Morgan fingerprint density at radius 3 is 2.80 bits per heavy atom. The number of aliphatic hydroxyl groups is 1. The summed E-state index contributed by atoms with van der Waals surface area (Å²) in [4.78, 5) is 6.62. The van der Waals surface area contributed by atoms with Crippen LogP contribution in [0.25, 0.3) is 0 Å². The summed E-state index contributed by atoms with van der Waals surface area (Å²) in [5.74, 6) is 1.51. The fraction of sp³-hybridized carbons (Fsp3) is 0.545. The van der Waals surface area contributed by atoms with E-state index in [1.54, 1.807) is 0 Å². The smallest absolute Gasteiger partial charge is 0.129 e. The van der Waals surface area contributed by atoms with Crippen LogP contribution in [0.3, 0.4) is 0 Å². The Kier molecular flexibility index (Phi) is 3.59. The first-order chi connectivity index (χ1) is 7.29. The van der Waals surface area contributed by atoms with Crippen LogP contribution in [0.1, 0.15) is 12.8 Å². The topological polar surface area (TPSA) is 36.4 Å². The second kappa shape index (κ2) is 4.94. The van der Waals surface area contributed by atoms with E-state index >= 15 is 0 Å². The van der Waals surface area contributed by atoms with Crippen molar-refractivity contribution in [1.29, 1.82) is 0 Å². The molecule has 1 aromatic heterocycles. The van der Waals surface area contributed by atoms with Crippen molar-refractivity contribution in [3.05, 3.63) is 22.8 Å². The quantitative estimate of drug-likeness (QED) is 0.894. The van der Waals surface area contributed by atoms with E-state index in [4.69, 9.17) is 5.11 Å². The highest BCUT2D eigenvalue weighted by atomic mass is 79.9. The van der Waals surface area contributed by atoms with Gasteiger partial charge in [0.1, 0.15) is 5.82 Å². The first-order valence-corrected chi connectivity index (χ1v) is 6.06. The lowest BCUT2D eigenvalue weighted by atomic mass is 9.98. The molecule has 1 aromatic rings. The van der Waals surface area contributed by atoms with E-state index in [2.05, 4.69) is 25.8 Å². The lowest BCUT2D eigenvalue weighted by Gasteiger charge is -2.31. The highest BCUT2D eigenvalue weighted by Gasteiger charge is 2.19. The zero-order chi connectivity index (χ0) is 10.7. The van der Waals surface area contributed by atoms with Gasteiger partial charge in [0, 0.05) is 30.4 Å². The molecule has 0 radical (unpaired) electrons. The predicted octanol–water partition coefficient (Wildman–Crippen LogP) is 2.05. The van der Waals surface area contributed by atoms with Crippen LogP contribution < -0.4 is 4.90 Å². The molecule has 1 aliphatic heterocycles. The summed E-state index contributed by atoms with van der Waals surface area (Å²) >= 11 is 3.45. The Morgan fingerprint density at radius 1 is 1.47 bits per heavy atom. The number of rotatable bonds is 2. The van der Waals surface area contributed by atoms with Gasteiger partial charge in [-0.25, -0.2) is 4.98 Å². The largest absolute Gasteiger partial charge is 0.396 e. The molecule has 15 heavy (non-hydrogen) atoms. The number of aliphatic hydroxyl groups excluding tert-OH is 1. The Bertz CT molecular complexity index is 324. The molecular formula is C11H15BrN2O. The van der Waals surface area contributed by atoms with Gasteiger partial charge in [-0.05, 0) is 30.9 Å². The molecule has 4 heteroatoms. The van der Waals surface area contributed by atoms with E-state index < -0.39 is 0 Å². The average molecular weight is 271 g/mol. The molecule has 0 saturated carbocycles. The summed E-state index contributed by atoms with van der Waals surface area (Å²) in [6.07, 6.45) is 3.94. The van der Waals surface area contributed by atoms with Crippen LogP contribution in [-0.4, -0.2) is 29.8 Å². The van der Waals surface area contributed by atoms with Crippen molar-refractivity contribution < 1.29 is 5.11 Å². The predicted molar refractivity (Wildman–Crippen MR) is 64.0 cm³/mol. The average Bonchev–Trinajstić information content (AvgIpc) is 2.29. The van der Waals surface area contributed by atoms with E-state index in [1.807, 2.05) is 18.3 Å². The summed E-state index contributed by atoms with van der Waals surface area (Å²) in [5.41, 5.74) is 0. The number of pyridine rings is 1. The number of anilines is 1.